The molecule has 0 spiro atoms. The Balaban J connectivity index is 0.000000151. The van der Waals surface area contributed by atoms with Crippen molar-refractivity contribution in [3.05, 3.63) is 251 Å². The Hall–Kier alpha value is -10.2. The number of halogens is 8. The second-order valence-electron chi connectivity index (χ2n) is 19.9. The zero-order valence-electron chi connectivity index (χ0n) is 48.2. The van der Waals surface area contributed by atoms with Gasteiger partial charge in [0.15, 0.2) is 40.7 Å². The summed E-state index contributed by atoms with van der Waals surface area (Å²) in [6.45, 7) is 0. The number of nitrogens with zero attached hydrogens (tertiary/aromatic N) is 3. The Morgan fingerprint density at radius 3 is 1.09 bits per heavy atom. The molecule has 0 aliphatic heterocycles. The molecule has 0 saturated heterocycles. The molecule has 0 aliphatic carbocycles. The predicted molar refractivity (Wildman–Crippen MR) is 339 cm³/mol. The van der Waals surface area contributed by atoms with Crippen LogP contribution in [0.4, 0.5) is 35.1 Å². The highest BCUT2D eigenvalue weighted by Gasteiger charge is 2.21. The molecule has 0 amide bonds. The second kappa shape index (κ2) is 27.1. The number of aromatic nitrogens is 6. The van der Waals surface area contributed by atoms with Crippen molar-refractivity contribution in [1.82, 2.24) is 44.1 Å². The first kappa shape index (κ1) is 64.8. The van der Waals surface area contributed by atoms with E-state index in [2.05, 4.69) is 44.1 Å². The molecule has 15 nitrogen and oxygen atoms in total. The van der Waals surface area contributed by atoms with Gasteiger partial charge in [-0.3, -0.25) is 0 Å². The summed E-state index contributed by atoms with van der Waals surface area (Å²) in [4.78, 5) is 22.8. The molecule has 12 aromatic rings. The summed E-state index contributed by atoms with van der Waals surface area (Å²) in [7, 11) is -6.88. The van der Waals surface area contributed by atoms with E-state index in [1.165, 1.54) is 75.8 Å². The van der Waals surface area contributed by atoms with Crippen molar-refractivity contribution in [2.24, 2.45) is 0 Å². The normalized spacial score (nSPS) is 12.1. The summed E-state index contributed by atoms with van der Waals surface area (Å²) >= 11 is 0. The van der Waals surface area contributed by atoms with Gasteiger partial charge in [-0.1, -0.05) is 84.9 Å². The zero-order valence-corrected chi connectivity index (χ0v) is 50.6. The van der Waals surface area contributed by atoms with E-state index in [-0.39, 0.29) is 31.4 Å². The lowest BCUT2D eigenvalue weighted by Gasteiger charge is -2.09. The first-order chi connectivity index (χ1) is 44.0. The van der Waals surface area contributed by atoms with Crippen LogP contribution in [0.15, 0.2) is 185 Å². The van der Waals surface area contributed by atoms with Crippen LogP contribution in [0.3, 0.4) is 0 Å². The van der Waals surface area contributed by atoms with E-state index in [1.54, 1.807) is 121 Å². The van der Waals surface area contributed by atoms with Crippen LogP contribution in [-0.2, 0) is 30.1 Å². The molecule has 0 bridgehead atoms. The Morgan fingerprint density at radius 1 is 0.326 bits per heavy atom. The van der Waals surface area contributed by atoms with Crippen molar-refractivity contribution < 1.29 is 60.4 Å². The maximum absolute atomic E-state index is 13.8. The molecule has 6 N–H and O–H groups in total. The topological polar surface area (TPSA) is 225 Å². The Morgan fingerprint density at radius 2 is 0.685 bits per heavy atom. The van der Waals surface area contributed by atoms with Gasteiger partial charge in [-0.2, -0.15) is 0 Å². The molecular formula is C66H49F8N9O6S3. The van der Waals surface area contributed by atoms with Gasteiger partial charge < -0.3 is 15.0 Å². The fraction of sp³-hybridized carbons (Fsp3) is 0.0455. The smallest absolute Gasteiger partial charge is 0.240 e. The van der Waals surface area contributed by atoms with Crippen LogP contribution in [0.5, 0.6) is 0 Å². The molecule has 12 rings (SSSR count). The fourth-order valence-electron chi connectivity index (χ4n) is 9.47. The van der Waals surface area contributed by atoms with Gasteiger partial charge in [0, 0.05) is 39.4 Å². The number of rotatable bonds is 15. The highest BCUT2D eigenvalue weighted by atomic mass is 32.2. The van der Waals surface area contributed by atoms with Crippen LogP contribution in [-0.4, -0.2) is 76.3 Å². The monoisotopic (exact) mass is 1310 g/mol. The Bertz CT molecular complexity index is 5110. The maximum Gasteiger partial charge on any atom is 0.240 e. The molecule has 0 atom stereocenters. The average molecular weight is 1310 g/mol. The maximum atomic E-state index is 13.8. The van der Waals surface area contributed by atoms with E-state index in [0.717, 1.165) is 24.3 Å². The quantitative estimate of drug-likeness (QED) is 0.0326. The number of benzene rings is 9. The van der Waals surface area contributed by atoms with Crippen molar-refractivity contribution in [2.45, 2.75) is 14.7 Å². The molecule has 0 aliphatic rings. The third-order valence-corrected chi connectivity index (χ3v) is 18.5. The molecule has 0 fully saturated rings. The summed E-state index contributed by atoms with van der Waals surface area (Å²) in [5.41, 5.74) is 7.29. The number of nitrogens with one attached hydrogen (secondary N) is 6. The zero-order chi connectivity index (χ0) is 65.6. The Labute approximate surface area is 521 Å². The lowest BCUT2D eigenvalue weighted by atomic mass is 10.1. The van der Waals surface area contributed by atoms with Crippen molar-refractivity contribution in [3.8, 4) is 33.4 Å². The molecule has 0 saturated carbocycles. The largest absolute Gasteiger partial charge is 0.338 e. The minimum atomic E-state index is -3.65. The van der Waals surface area contributed by atoms with E-state index in [1.807, 2.05) is 0 Å². The summed E-state index contributed by atoms with van der Waals surface area (Å²) in [5.74, 6) is -8.01. The predicted octanol–water partition coefficient (Wildman–Crippen LogP) is 14.0. The molecule has 26 heteroatoms. The highest BCUT2D eigenvalue weighted by Crippen LogP contribution is 2.33. The van der Waals surface area contributed by atoms with Crippen LogP contribution < -0.4 is 14.2 Å². The van der Waals surface area contributed by atoms with Crippen molar-refractivity contribution in [1.29, 1.82) is 0 Å². The summed E-state index contributed by atoms with van der Waals surface area (Å²) in [6, 6.07) is 42.9. The van der Waals surface area contributed by atoms with Crippen LogP contribution in [0.1, 0.15) is 34.2 Å². The first-order valence-corrected chi connectivity index (χ1v) is 31.8. The molecule has 9 aromatic carbocycles. The number of hydrogen-bond donors (Lipinski definition) is 6. The van der Waals surface area contributed by atoms with E-state index in [9.17, 15) is 60.4 Å². The van der Waals surface area contributed by atoms with Gasteiger partial charge in [0.25, 0.3) is 0 Å². The van der Waals surface area contributed by atoms with Crippen molar-refractivity contribution in [3.63, 3.8) is 0 Å². The van der Waals surface area contributed by atoms with Crippen molar-refractivity contribution >= 4 is 99.6 Å². The third-order valence-electron chi connectivity index (χ3n) is 14.1. The minimum absolute atomic E-state index is 0.113. The van der Waals surface area contributed by atoms with Crippen LogP contribution in [0.25, 0.3) is 103 Å². The summed E-state index contributed by atoms with van der Waals surface area (Å²) < 4.78 is 189. The number of aromatic amines is 3. The molecule has 3 aromatic heterocycles. The highest BCUT2D eigenvalue weighted by molar-refractivity contribution is 7.90. The lowest BCUT2D eigenvalue weighted by Crippen LogP contribution is -2.19. The van der Waals surface area contributed by atoms with Gasteiger partial charge in [-0.15, -0.1) is 0 Å². The van der Waals surface area contributed by atoms with Gasteiger partial charge in [0.05, 0.1) is 47.8 Å². The first-order valence-electron chi connectivity index (χ1n) is 27.3. The number of sulfonamides is 3. The number of imidazole rings is 3. The third kappa shape index (κ3) is 14.2. The van der Waals surface area contributed by atoms with E-state index in [0.29, 0.717) is 90.0 Å². The average Bonchev–Trinajstić information content (AvgIpc) is 1.42. The molecule has 0 unspecified atom stereocenters. The fourth-order valence-corrected chi connectivity index (χ4v) is 12.3. The number of fused-ring (bicyclic) bond motifs is 3. The second-order valence-corrected chi connectivity index (χ2v) is 25.4. The summed E-state index contributed by atoms with van der Waals surface area (Å²) in [5, 5.41) is 0. The molecule has 468 valence electrons. The van der Waals surface area contributed by atoms with Gasteiger partial charge in [0.1, 0.15) is 23.3 Å². The van der Waals surface area contributed by atoms with Crippen LogP contribution in [0.2, 0.25) is 0 Å². The van der Waals surface area contributed by atoms with E-state index < -0.39 is 76.6 Å². The van der Waals surface area contributed by atoms with Crippen LogP contribution in [0, 0.1) is 46.5 Å². The van der Waals surface area contributed by atoms with Crippen LogP contribution >= 0.6 is 0 Å². The molecular weight excluding hydrogens is 1260 g/mol. The standard InChI is InChI=1S/2C22H16F3N3O2S.C22H17F2N3O2S/c1-26-31(29,30)19-5-3-2-4-15(19)14-7-10-17-18(12-14)28-20(27-17)11-8-13-6-9-16(23)22(25)21(13)24;1-26-31(29,30)21-5-3-2-4-15(21)13-6-8-19-20(11-13)28-22(27-19)9-7-14-10-17(24)18(25)12-16(14)23;1-25-30(28,29)20-8-3-2-6-16(20)15-9-11-18-19(13-15)27-21(26-18)12-10-14-5-4-7-17(23)22(14)24/h2*2-12,26H,1H3,(H,27,28);2-13,25H,1H3,(H,26,27)/b11-8+;9-7+;12-10+. The lowest BCUT2D eigenvalue weighted by molar-refractivity contribution is 0.446. The van der Waals surface area contributed by atoms with Gasteiger partial charge in [0.2, 0.25) is 30.1 Å². The SMILES string of the molecule is CNS(=O)(=O)c1ccccc1-c1ccc2nc(/C=C/c3cc(F)c(F)cc3F)[nH]c2c1.CNS(=O)(=O)c1ccccc1-c1ccc2nc(/C=C/c3ccc(F)c(F)c3F)[nH]c2c1.CNS(=O)(=O)c1ccccc1-c1ccc2nc(/C=C/c3cccc(F)c3F)[nH]c2c1. The van der Waals surface area contributed by atoms with Gasteiger partial charge in [-0.25, -0.2) is 89.5 Å². The van der Waals surface area contributed by atoms with Gasteiger partial charge in [-0.05, 0) is 153 Å². The molecule has 92 heavy (non-hydrogen) atoms. The van der Waals surface area contributed by atoms with E-state index >= 15 is 0 Å². The number of hydrogen-bond acceptors (Lipinski definition) is 9. The van der Waals surface area contributed by atoms with Crippen molar-refractivity contribution in [2.75, 3.05) is 21.1 Å². The summed E-state index contributed by atoms with van der Waals surface area (Å²) in [6.07, 6.45) is 8.43. The van der Waals surface area contributed by atoms with E-state index in [4.69, 9.17) is 0 Å². The Kier molecular flexibility index (Phi) is 19.1. The minimum Gasteiger partial charge on any atom is -0.338 e. The number of H-pyrrole nitrogens is 3. The molecule has 0 radical (unpaired) electrons. The van der Waals surface area contributed by atoms with Gasteiger partial charge >= 0.3 is 0 Å². The molecule has 3 heterocycles.